The second-order valence-electron chi connectivity index (χ2n) is 8.58. The average Bonchev–Trinajstić information content (AvgIpc) is 3.35. The molecule has 2 N–H and O–H groups in total. The first kappa shape index (κ1) is 22.8. The van der Waals surface area contributed by atoms with Gasteiger partial charge in [-0.1, -0.05) is 42.5 Å². The van der Waals surface area contributed by atoms with Gasteiger partial charge in [0.15, 0.2) is 0 Å². The lowest BCUT2D eigenvalue weighted by molar-refractivity contribution is 0.803. The van der Waals surface area contributed by atoms with Crippen LogP contribution in [0.1, 0.15) is 22.3 Å². The number of hydrogen-bond donors (Lipinski definition) is 2. The van der Waals surface area contributed by atoms with Crippen LogP contribution in [0.3, 0.4) is 0 Å². The van der Waals surface area contributed by atoms with Crippen LogP contribution in [-0.2, 0) is 6.54 Å². The summed E-state index contributed by atoms with van der Waals surface area (Å²) in [7, 11) is 0. The predicted molar refractivity (Wildman–Crippen MR) is 142 cm³/mol. The fraction of sp³-hybridized carbons (Fsp3) is 0.103. The molecule has 5 aromatic rings. The summed E-state index contributed by atoms with van der Waals surface area (Å²) in [5.74, 6) is 1.17. The first-order chi connectivity index (χ1) is 17.6. The van der Waals surface area contributed by atoms with Gasteiger partial charge in [-0.05, 0) is 66.4 Å². The molecule has 176 valence electrons. The van der Waals surface area contributed by atoms with Gasteiger partial charge in [0.05, 0.1) is 29.9 Å². The van der Waals surface area contributed by atoms with Crippen LogP contribution in [0.25, 0.3) is 11.3 Å². The van der Waals surface area contributed by atoms with Crippen molar-refractivity contribution in [2.45, 2.75) is 20.4 Å². The molecule has 0 aliphatic rings. The molecule has 0 fully saturated rings. The summed E-state index contributed by atoms with van der Waals surface area (Å²) in [6.45, 7) is 4.93. The molecule has 0 radical (unpaired) electrons. The van der Waals surface area contributed by atoms with Crippen molar-refractivity contribution in [1.29, 1.82) is 5.26 Å². The van der Waals surface area contributed by atoms with Crippen molar-refractivity contribution in [3.8, 4) is 17.3 Å². The highest BCUT2D eigenvalue weighted by atomic mass is 15.1. The van der Waals surface area contributed by atoms with Crippen molar-refractivity contribution < 1.29 is 0 Å². The molecule has 0 saturated carbocycles. The van der Waals surface area contributed by atoms with Crippen molar-refractivity contribution in [2.75, 3.05) is 10.6 Å². The normalized spacial score (nSPS) is 10.6. The number of hydrogen-bond acceptors (Lipinski definition) is 6. The summed E-state index contributed by atoms with van der Waals surface area (Å²) in [6.07, 6.45) is 5.50. The minimum atomic E-state index is 0.477. The Kier molecular flexibility index (Phi) is 6.41. The highest BCUT2D eigenvalue weighted by molar-refractivity contribution is 5.66. The lowest BCUT2D eigenvalue weighted by atomic mass is 10.0. The lowest BCUT2D eigenvalue weighted by Gasteiger charge is -2.16. The van der Waals surface area contributed by atoms with Crippen molar-refractivity contribution in [3.63, 3.8) is 0 Å². The largest absolute Gasteiger partial charge is 0.340 e. The Labute approximate surface area is 210 Å². The summed E-state index contributed by atoms with van der Waals surface area (Å²) in [5, 5.41) is 15.6. The van der Waals surface area contributed by atoms with E-state index in [9.17, 15) is 0 Å². The molecular weight excluding hydrogens is 446 g/mol. The van der Waals surface area contributed by atoms with Crippen LogP contribution in [-0.4, -0.2) is 19.5 Å². The van der Waals surface area contributed by atoms with Crippen LogP contribution in [0, 0.1) is 25.2 Å². The van der Waals surface area contributed by atoms with E-state index in [2.05, 4.69) is 74.3 Å². The van der Waals surface area contributed by atoms with Crippen molar-refractivity contribution in [3.05, 3.63) is 114 Å². The number of aryl methyl sites for hydroxylation is 2. The molecule has 3 aromatic carbocycles. The number of benzene rings is 3. The van der Waals surface area contributed by atoms with E-state index in [1.165, 1.54) is 5.56 Å². The van der Waals surface area contributed by atoms with Gasteiger partial charge < -0.3 is 15.2 Å². The molecule has 36 heavy (non-hydrogen) atoms. The number of nitrogens with zero attached hydrogens (tertiary/aromatic N) is 5. The number of nitrogens with one attached hydrogen (secondary N) is 2. The summed E-state index contributed by atoms with van der Waals surface area (Å²) in [5.41, 5.74) is 8.16. The number of imidazole rings is 1. The minimum Gasteiger partial charge on any atom is -0.340 e. The van der Waals surface area contributed by atoms with Gasteiger partial charge in [0.25, 0.3) is 0 Å². The molecular formula is C29H25N7. The van der Waals surface area contributed by atoms with Crippen LogP contribution >= 0.6 is 0 Å². The lowest BCUT2D eigenvalue weighted by Crippen LogP contribution is -2.05. The van der Waals surface area contributed by atoms with E-state index < -0.39 is 0 Å². The Balaban J connectivity index is 1.33. The maximum absolute atomic E-state index is 8.97. The summed E-state index contributed by atoms with van der Waals surface area (Å²) in [6, 6.07) is 25.8. The zero-order valence-electron chi connectivity index (χ0n) is 20.1. The summed E-state index contributed by atoms with van der Waals surface area (Å²) in [4.78, 5) is 13.3. The van der Waals surface area contributed by atoms with Gasteiger partial charge in [-0.15, -0.1) is 0 Å². The number of anilines is 4. The molecule has 0 amide bonds. The van der Waals surface area contributed by atoms with Crippen LogP contribution in [0.4, 0.5) is 23.1 Å². The van der Waals surface area contributed by atoms with Crippen LogP contribution in [0.15, 0.2) is 91.5 Å². The summed E-state index contributed by atoms with van der Waals surface area (Å²) >= 11 is 0. The third kappa shape index (κ3) is 5.08. The quantitative estimate of drug-likeness (QED) is 0.287. The zero-order valence-corrected chi connectivity index (χ0v) is 20.1. The van der Waals surface area contributed by atoms with E-state index in [-0.39, 0.29) is 0 Å². The van der Waals surface area contributed by atoms with Crippen LogP contribution < -0.4 is 10.6 Å². The van der Waals surface area contributed by atoms with Crippen LogP contribution in [0.2, 0.25) is 0 Å². The number of rotatable bonds is 7. The van der Waals surface area contributed by atoms with Crippen molar-refractivity contribution >= 4 is 23.1 Å². The maximum Gasteiger partial charge on any atom is 0.229 e. The molecule has 0 unspecified atom stereocenters. The fourth-order valence-corrected chi connectivity index (χ4v) is 4.21. The highest BCUT2D eigenvalue weighted by Crippen LogP contribution is 2.27. The van der Waals surface area contributed by atoms with Gasteiger partial charge in [-0.25, -0.2) is 9.97 Å². The van der Waals surface area contributed by atoms with E-state index >= 15 is 0 Å². The SMILES string of the molecule is Cc1cc(Cn2cncc2-c2ccccc2)cc(C)c1Nc1ccnc(Nc2ccc(C#N)cc2)n1. The van der Waals surface area contributed by atoms with Gasteiger partial charge in [0.2, 0.25) is 5.95 Å². The Morgan fingerprint density at radius 3 is 2.39 bits per heavy atom. The highest BCUT2D eigenvalue weighted by Gasteiger charge is 2.10. The average molecular weight is 472 g/mol. The molecule has 0 spiro atoms. The molecule has 5 rings (SSSR count). The third-order valence-corrected chi connectivity index (χ3v) is 5.91. The van der Waals surface area contributed by atoms with E-state index in [1.807, 2.05) is 48.9 Å². The van der Waals surface area contributed by atoms with Gasteiger partial charge in [0.1, 0.15) is 5.82 Å². The number of aromatic nitrogens is 4. The molecule has 0 saturated heterocycles. The first-order valence-electron chi connectivity index (χ1n) is 11.6. The molecule has 0 atom stereocenters. The van der Waals surface area contributed by atoms with E-state index in [0.29, 0.717) is 17.3 Å². The second-order valence-corrected chi connectivity index (χ2v) is 8.58. The molecule has 0 aliphatic carbocycles. The predicted octanol–water partition coefficient (Wildman–Crippen LogP) is 6.36. The smallest absolute Gasteiger partial charge is 0.229 e. The monoisotopic (exact) mass is 471 g/mol. The molecule has 7 heteroatoms. The first-order valence-corrected chi connectivity index (χ1v) is 11.6. The Hall–Kier alpha value is -4.96. The van der Waals surface area contributed by atoms with E-state index in [4.69, 9.17) is 5.26 Å². The summed E-state index contributed by atoms with van der Waals surface area (Å²) < 4.78 is 2.17. The Bertz CT molecular complexity index is 1510. The topological polar surface area (TPSA) is 91.5 Å². The van der Waals surface area contributed by atoms with Gasteiger partial charge in [-0.2, -0.15) is 10.2 Å². The second kappa shape index (κ2) is 10.1. The van der Waals surface area contributed by atoms with Gasteiger partial charge >= 0.3 is 0 Å². The van der Waals surface area contributed by atoms with E-state index in [1.54, 1.807) is 18.3 Å². The maximum atomic E-state index is 8.97. The fourth-order valence-electron chi connectivity index (χ4n) is 4.21. The molecule has 0 aliphatic heterocycles. The van der Waals surface area contributed by atoms with E-state index in [0.717, 1.165) is 40.3 Å². The Morgan fingerprint density at radius 1 is 0.917 bits per heavy atom. The standard InChI is InChI=1S/C29H25N7/c1-20-14-23(18-36-19-31-17-26(36)24-6-4-3-5-7-24)15-21(2)28(20)34-27-12-13-32-29(35-27)33-25-10-8-22(16-30)9-11-25/h3-15,17,19H,18H2,1-2H3,(H2,32,33,34,35). The van der Waals surface area contributed by atoms with Crippen molar-refractivity contribution in [1.82, 2.24) is 19.5 Å². The molecule has 7 nitrogen and oxygen atoms in total. The zero-order chi connectivity index (χ0) is 24.9. The molecule has 2 heterocycles. The number of nitriles is 1. The third-order valence-electron chi connectivity index (χ3n) is 5.91. The van der Waals surface area contributed by atoms with Crippen LogP contribution in [0.5, 0.6) is 0 Å². The molecule has 0 bridgehead atoms. The van der Waals surface area contributed by atoms with Gasteiger partial charge in [0, 0.05) is 24.1 Å². The Morgan fingerprint density at radius 2 is 1.67 bits per heavy atom. The van der Waals surface area contributed by atoms with Gasteiger partial charge in [-0.3, -0.25) is 0 Å². The minimum absolute atomic E-state index is 0.477. The van der Waals surface area contributed by atoms with Crippen molar-refractivity contribution in [2.24, 2.45) is 0 Å². The molecule has 2 aromatic heterocycles.